The van der Waals surface area contributed by atoms with Gasteiger partial charge in [-0.15, -0.1) is 10.2 Å². The van der Waals surface area contributed by atoms with Gasteiger partial charge < -0.3 is 14.4 Å². The number of aryl methyl sites for hydroxylation is 1. The van der Waals surface area contributed by atoms with Crippen LogP contribution in [0, 0.1) is 0 Å². The number of nitrogens with zero attached hydrogens (tertiary/aromatic N) is 3. The Balaban J connectivity index is 2.18. The zero-order valence-corrected chi connectivity index (χ0v) is 11.2. The number of hydrogen-bond acceptors (Lipinski definition) is 5. The molecular formula is C11H17N3O3S. The Bertz CT molecular complexity index is 416. The molecule has 2 heterocycles. The van der Waals surface area contributed by atoms with Crippen molar-refractivity contribution >= 4 is 17.7 Å². The largest absolute Gasteiger partial charge is 0.481 e. The van der Waals surface area contributed by atoms with E-state index in [2.05, 4.69) is 10.2 Å². The zero-order valence-electron chi connectivity index (χ0n) is 10.3. The fourth-order valence-electron chi connectivity index (χ4n) is 2.07. The molecule has 1 aliphatic rings. The molecule has 1 aromatic rings. The minimum atomic E-state index is -0.840. The van der Waals surface area contributed by atoms with Crippen molar-refractivity contribution in [3.8, 4) is 0 Å². The standard InChI is InChI=1S/C11H17N3O3S/c1-2-9-12-13-11(18-7-10(15)16)14(9)8-4-3-5-17-6-8/h8H,2-7H2,1H3,(H,15,16). The molecule has 1 unspecified atom stereocenters. The van der Waals surface area contributed by atoms with Crippen LogP contribution in [0.4, 0.5) is 0 Å². The maximum Gasteiger partial charge on any atom is 0.313 e. The van der Waals surface area contributed by atoms with Crippen molar-refractivity contribution in [3.63, 3.8) is 0 Å². The summed E-state index contributed by atoms with van der Waals surface area (Å²) in [7, 11) is 0. The van der Waals surface area contributed by atoms with Crippen molar-refractivity contribution in [2.24, 2.45) is 0 Å². The van der Waals surface area contributed by atoms with Gasteiger partial charge in [-0.3, -0.25) is 4.79 Å². The van der Waals surface area contributed by atoms with Crippen LogP contribution in [-0.4, -0.2) is 44.8 Å². The summed E-state index contributed by atoms with van der Waals surface area (Å²) in [6.45, 7) is 3.49. The Kier molecular flexibility index (Phi) is 4.60. The molecule has 100 valence electrons. The summed E-state index contributed by atoms with van der Waals surface area (Å²) in [6.07, 6.45) is 2.85. The number of aliphatic carboxylic acids is 1. The van der Waals surface area contributed by atoms with Crippen molar-refractivity contribution in [2.75, 3.05) is 19.0 Å². The molecule has 0 aliphatic carbocycles. The number of ether oxygens (including phenoxy) is 1. The van der Waals surface area contributed by atoms with Gasteiger partial charge in [-0.2, -0.15) is 0 Å². The van der Waals surface area contributed by atoms with E-state index in [-0.39, 0.29) is 11.8 Å². The van der Waals surface area contributed by atoms with Crippen molar-refractivity contribution in [1.29, 1.82) is 0 Å². The van der Waals surface area contributed by atoms with Crippen LogP contribution < -0.4 is 0 Å². The van der Waals surface area contributed by atoms with Crippen LogP contribution in [-0.2, 0) is 16.0 Å². The van der Waals surface area contributed by atoms with Gasteiger partial charge in [0.05, 0.1) is 18.4 Å². The molecule has 7 heteroatoms. The van der Waals surface area contributed by atoms with Gasteiger partial charge in [-0.25, -0.2) is 0 Å². The van der Waals surface area contributed by atoms with Crippen molar-refractivity contribution in [3.05, 3.63) is 5.82 Å². The van der Waals surface area contributed by atoms with Gasteiger partial charge in [-0.1, -0.05) is 18.7 Å². The van der Waals surface area contributed by atoms with Crippen LogP contribution in [0.2, 0.25) is 0 Å². The van der Waals surface area contributed by atoms with E-state index in [0.717, 1.165) is 31.7 Å². The highest BCUT2D eigenvalue weighted by molar-refractivity contribution is 7.99. The van der Waals surface area contributed by atoms with E-state index in [0.29, 0.717) is 11.8 Å². The number of carbonyl (C=O) groups is 1. The highest BCUT2D eigenvalue weighted by atomic mass is 32.2. The molecule has 6 nitrogen and oxygen atoms in total. The van der Waals surface area contributed by atoms with Gasteiger partial charge in [0.1, 0.15) is 5.82 Å². The molecule has 18 heavy (non-hydrogen) atoms. The van der Waals surface area contributed by atoms with E-state index in [9.17, 15) is 4.79 Å². The van der Waals surface area contributed by atoms with Crippen LogP contribution in [0.15, 0.2) is 5.16 Å². The first-order valence-electron chi connectivity index (χ1n) is 6.08. The molecule has 1 fully saturated rings. The first-order valence-corrected chi connectivity index (χ1v) is 7.07. The third-order valence-electron chi connectivity index (χ3n) is 2.88. The smallest absolute Gasteiger partial charge is 0.313 e. The Morgan fingerprint density at radius 3 is 3.06 bits per heavy atom. The number of hydrogen-bond donors (Lipinski definition) is 1. The second kappa shape index (κ2) is 6.19. The lowest BCUT2D eigenvalue weighted by Gasteiger charge is -2.25. The Hall–Kier alpha value is -1.08. The first-order chi connectivity index (χ1) is 8.72. The molecule has 1 aliphatic heterocycles. The van der Waals surface area contributed by atoms with Gasteiger partial charge in [0.15, 0.2) is 5.16 Å². The molecule has 1 atom stereocenters. The van der Waals surface area contributed by atoms with Gasteiger partial charge >= 0.3 is 5.97 Å². The van der Waals surface area contributed by atoms with Gasteiger partial charge in [0, 0.05) is 13.0 Å². The monoisotopic (exact) mass is 271 g/mol. The summed E-state index contributed by atoms with van der Waals surface area (Å²) < 4.78 is 7.53. The summed E-state index contributed by atoms with van der Waals surface area (Å²) in [6, 6.07) is 0.236. The molecule has 0 saturated carbocycles. The van der Waals surface area contributed by atoms with E-state index in [1.165, 1.54) is 11.8 Å². The third kappa shape index (κ3) is 3.02. The Morgan fingerprint density at radius 1 is 1.61 bits per heavy atom. The average Bonchev–Trinajstić information content (AvgIpc) is 2.80. The van der Waals surface area contributed by atoms with Crippen LogP contribution >= 0.6 is 11.8 Å². The van der Waals surface area contributed by atoms with Gasteiger partial charge in [0.2, 0.25) is 0 Å². The zero-order chi connectivity index (χ0) is 13.0. The van der Waals surface area contributed by atoms with Crippen LogP contribution in [0.1, 0.15) is 31.6 Å². The van der Waals surface area contributed by atoms with E-state index in [1.54, 1.807) is 0 Å². The quantitative estimate of drug-likeness (QED) is 0.815. The number of carboxylic acid groups (broad SMARTS) is 1. The second-order valence-corrected chi connectivity index (χ2v) is 5.12. The second-order valence-electron chi connectivity index (χ2n) is 4.18. The molecule has 0 spiro atoms. The topological polar surface area (TPSA) is 77.2 Å². The van der Waals surface area contributed by atoms with Gasteiger partial charge in [0.25, 0.3) is 0 Å². The number of rotatable bonds is 5. The molecule has 0 bridgehead atoms. The molecular weight excluding hydrogens is 254 g/mol. The molecule has 1 aromatic heterocycles. The lowest BCUT2D eigenvalue weighted by atomic mass is 10.1. The van der Waals surface area contributed by atoms with Crippen LogP contribution in [0.3, 0.4) is 0 Å². The van der Waals surface area contributed by atoms with E-state index in [1.807, 2.05) is 11.5 Å². The highest BCUT2D eigenvalue weighted by Crippen LogP contribution is 2.27. The Labute approximate surface area is 110 Å². The normalized spacial score (nSPS) is 19.9. The molecule has 1 saturated heterocycles. The third-order valence-corrected chi connectivity index (χ3v) is 3.81. The summed E-state index contributed by atoms with van der Waals surface area (Å²) in [5.41, 5.74) is 0. The van der Waals surface area contributed by atoms with Crippen LogP contribution in [0.25, 0.3) is 0 Å². The van der Waals surface area contributed by atoms with Crippen molar-refractivity contribution in [2.45, 2.75) is 37.4 Å². The summed E-state index contributed by atoms with van der Waals surface area (Å²) in [4.78, 5) is 10.6. The van der Waals surface area contributed by atoms with Gasteiger partial charge in [-0.05, 0) is 12.8 Å². The number of carboxylic acids is 1. The van der Waals surface area contributed by atoms with Crippen molar-refractivity contribution in [1.82, 2.24) is 14.8 Å². The van der Waals surface area contributed by atoms with E-state index >= 15 is 0 Å². The summed E-state index contributed by atoms with van der Waals surface area (Å²) >= 11 is 1.22. The molecule has 0 amide bonds. The number of aromatic nitrogens is 3. The predicted octanol–water partition coefficient (Wildman–Crippen LogP) is 1.37. The molecule has 2 rings (SSSR count). The minimum Gasteiger partial charge on any atom is -0.481 e. The first kappa shape index (κ1) is 13.4. The fraction of sp³-hybridized carbons (Fsp3) is 0.727. The molecule has 1 N–H and O–H groups in total. The minimum absolute atomic E-state index is 0.00935. The number of thioether (sulfide) groups is 1. The average molecular weight is 271 g/mol. The maximum atomic E-state index is 10.6. The maximum absolute atomic E-state index is 10.6. The Morgan fingerprint density at radius 2 is 2.44 bits per heavy atom. The van der Waals surface area contributed by atoms with E-state index < -0.39 is 5.97 Å². The fourth-order valence-corrected chi connectivity index (χ4v) is 2.81. The summed E-state index contributed by atoms with van der Waals surface area (Å²) in [5, 5.41) is 17.6. The lowest BCUT2D eigenvalue weighted by molar-refractivity contribution is -0.133. The predicted molar refractivity (Wildman–Crippen MR) is 66.8 cm³/mol. The molecule has 0 aromatic carbocycles. The lowest BCUT2D eigenvalue weighted by Crippen LogP contribution is -2.23. The summed E-state index contributed by atoms with van der Waals surface area (Å²) in [5.74, 6) is 0.0704. The highest BCUT2D eigenvalue weighted by Gasteiger charge is 2.23. The SMILES string of the molecule is CCc1nnc(SCC(=O)O)n1C1CCCOC1. The molecule has 0 radical (unpaired) electrons. The van der Waals surface area contributed by atoms with Crippen LogP contribution in [0.5, 0.6) is 0 Å². The van der Waals surface area contributed by atoms with Crippen molar-refractivity contribution < 1.29 is 14.6 Å². The van der Waals surface area contributed by atoms with E-state index in [4.69, 9.17) is 9.84 Å².